The first-order chi connectivity index (χ1) is 10.1. The monoisotopic (exact) mass is 308 g/mol. The van der Waals surface area contributed by atoms with Gasteiger partial charge >= 0.3 is 0 Å². The summed E-state index contributed by atoms with van der Waals surface area (Å²) in [5.41, 5.74) is 0.290. The van der Waals surface area contributed by atoms with Crippen molar-refractivity contribution in [3.8, 4) is 0 Å². The Balaban J connectivity index is 1.76. The zero-order valence-electron chi connectivity index (χ0n) is 11.1. The van der Waals surface area contributed by atoms with Crippen LogP contribution in [0.15, 0.2) is 29.8 Å². The second-order valence-electron chi connectivity index (χ2n) is 4.68. The highest BCUT2D eigenvalue weighted by atomic mass is 32.1. The molecule has 0 amide bonds. The van der Waals surface area contributed by atoms with Crippen LogP contribution in [0, 0.1) is 15.9 Å². The first kappa shape index (κ1) is 13.7. The molecule has 1 saturated heterocycles. The molecule has 1 aromatic heterocycles. The zero-order valence-corrected chi connectivity index (χ0v) is 11.9. The van der Waals surface area contributed by atoms with Crippen molar-refractivity contribution in [2.24, 2.45) is 0 Å². The van der Waals surface area contributed by atoms with Gasteiger partial charge in [0.1, 0.15) is 11.5 Å². The Morgan fingerprint density at radius 1 is 1.24 bits per heavy atom. The molecule has 0 radical (unpaired) electrons. The smallest absolute Gasteiger partial charge is 0.295 e. The van der Waals surface area contributed by atoms with Gasteiger partial charge in [0.05, 0.1) is 11.0 Å². The van der Waals surface area contributed by atoms with E-state index >= 15 is 0 Å². The number of nitro groups is 1. The van der Waals surface area contributed by atoms with Crippen LogP contribution >= 0.6 is 11.3 Å². The van der Waals surface area contributed by atoms with Crippen LogP contribution in [0.3, 0.4) is 0 Å². The Morgan fingerprint density at radius 3 is 2.57 bits per heavy atom. The van der Waals surface area contributed by atoms with E-state index in [1.807, 2.05) is 10.3 Å². The maximum atomic E-state index is 13.2. The lowest BCUT2D eigenvalue weighted by Crippen LogP contribution is -2.46. The molecule has 1 aromatic carbocycles. The molecular formula is C13H13FN4O2S. The molecule has 0 saturated carbocycles. The summed E-state index contributed by atoms with van der Waals surface area (Å²) >= 11 is 1.57. The number of thiazole rings is 1. The highest BCUT2D eigenvalue weighted by Gasteiger charge is 2.24. The van der Waals surface area contributed by atoms with E-state index in [1.54, 1.807) is 17.5 Å². The van der Waals surface area contributed by atoms with Crippen LogP contribution in [0.25, 0.3) is 0 Å². The molecule has 21 heavy (non-hydrogen) atoms. The van der Waals surface area contributed by atoms with E-state index in [-0.39, 0.29) is 5.69 Å². The SMILES string of the molecule is O=[N+]([O-])c1cc(F)ccc1N1CCN(c2nccs2)CC1. The molecule has 0 N–H and O–H groups in total. The third-order valence-electron chi connectivity index (χ3n) is 3.44. The minimum Gasteiger partial charge on any atom is -0.362 e. The van der Waals surface area contributed by atoms with Gasteiger partial charge in [-0.15, -0.1) is 11.3 Å². The Morgan fingerprint density at radius 2 is 1.95 bits per heavy atom. The van der Waals surface area contributed by atoms with Crippen LogP contribution in [-0.4, -0.2) is 36.1 Å². The molecule has 0 spiro atoms. The van der Waals surface area contributed by atoms with Crippen LogP contribution < -0.4 is 9.80 Å². The van der Waals surface area contributed by atoms with Gasteiger partial charge in [-0.05, 0) is 12.1 Å². The molecule has 3 rings (SSSR count). The van der Waals surface area contributed by atoms with Gasteiger partial charge in [-0.3, -0.25) is 10.1 Å². The number of rotatable bonds is 3. The lowest BCUT2D eigenvalue weighted by molar-refractivity contribution is -0.384. The van der Waals surface area contributed by atoms with Gasteiger partial charge in [-0.1, -0.05) is 0 Å². The molecule has 1 aliphatic rings. The van der Waals surface area contributed by atoms with Crippen LogP contribution in [0.2, 0.25) is 0 Å². The van der Waals surface area contributed by atoms with E-state index in [4.69, 9.17) is 0 Å². The first-order valence-corrected chi connectivity index (χ1v) is 7.36. The van der Waals surface area contributed by atoms with Crippen molar-refractivity contribution in [2.45, 2.75) is 0 Å². The maximum Gasteiger partial charge on any atom is 0.295 e. The number of aromatic nitrogens is 1. The summed E-state index contributed by atoms with van der Waals surface area (Å²) in [5.74, 6) is -0.591. The lowest BCUT2D eigenvalue weighted by Gasteiger charge is -2.35. The molecule has 8 heteroatoms. The summed E-state index contributed by atoms with van der Waals surface area (Å²) in [6.07, 6.45) is 1.76. The summed E-state index contributed by atoms with van der Waals surface area (Å²) in [7, 11) is 0. The van der Waals surface area contributed by atoms with Crippen molar-refractivity contribution in [3.05, 3.63) is 45.7 Å². The molecule has 0 unspecified atom stereocenters. The van der Waals surface area contributed by atoms with E-state index in [1.165, 1.54) is 12.1 Å². The van der Waals surface area contributed by atoms with Crippen molar-refractivity contribution in [3.63, 3.8) is 0 Å². The lowest BCUT2D eigenvalue weighted by atomic mass is 10.2. The Labute approximate surface area is 124 Å². The molecule has 0 aliphatic carbocycles. The normalized spacial score (nSPS) is 15.3. The minimum absolute atomic E-state index is 0.183. The third kappa shape index (κ3) is 2.80. The standard InChI is InChI=1S/C13H13FN4O2S/c14-10-1-2-11(12(9-10)18(19)20)16-4-6-17(7-5-16)13-15-3-8-21-13/h1-3,8-9H,4-7H2. The van der Waals surface area contributed by atoms with Crippen molar-refractivity contribution >= 4 is 27.8 Å². The molecule has 0 bridgehead atoms. The second kappa shape index (κ2) is 5.65. The first-order valence-electron chi connectivity index (χ1n) is 6.48. The molecule has 2 heterocycles. The molecule has 1 aliphatic heterocycles. The quantitative estimate of drug-likeness (QED) is 0.644. The van der Waals surface area contributed by atoms with Crippen molar-refractivity contribution in [2.75, 3.05) is 36.0 Å². The van der Waals surface area contributed by atoms with E-state index in [0.29, 0.717) is 18.8 Å². The number of hydrogen-bond donors (Lipinski definition) is 0. The second-order valence-corrected chi connectivity index (χ2v) is 5.55. The van der Waals surface area contributed by atoms with E-state index in [0.717, 1.165) is 24.3 Å². The van der Waals surface area contributed by atoms with E-state index in [9.17, 15) is 14.5 Å². The van der Waals surface area contributed by atoms with Gasteiger partial charge in [-0.2, -0.15) is 0 Å². The van der Waals surface area contributed by atoms with Crippen molar-refractivity contribution in [1.82, 2.24) is 4.98 Å². The third-order valence-corrected chi connectivity index (χ3v) is 4.28. The Hall–Kier alpha value is -2.22. The molecule has 110 valence electrons. The fourth-order valence-corrected chi connectivity index (χ4v) is 3.12. The van der Waals surface area contributed by atoms with Gasteiger partial charge in [0.2, 0.25) is 0 Å². The molecule has 1 fully saturated rings. The van der Waals surface area contributed by atoms with Crippen molar-refractivity contribution in [1.29, 1.82) is 0 Å². The number of anilines is 2. The minimum atomic E-state index is -0.591. The number of hydrogen-bond acceptors (Lipinski definition) is 6. The summed E-state index contributed by atoms with van der Waals surface area (Å²) in [5, 5.41) is 13.9. The molecule has 0 atom stereocenters. The van der Waals surface area contributed by atoms with Gasteiger partial charge in [-0.25, -0.2) is 9.37 Å². The average Bonchev–Trinajstić information content (AvgIpc) is 3.01. The average molecular weight is 308 g/mol. The van der Waals surface area contributed by atoms with Gasteiger partial charge in [0.15, 0.2) is 5.13 Å². The highest BCUT2D eigenvalue weighted by Crippen LogP contribution is 2.30. The number of nitrogens with zero attached hydrogens (tertiary/aromatic N) is 4. The molecule has 6 nitrogen and oxygen atoms in total. The summed E-state index contributed by atoms with van der Waals surface area (Å²) in [6, 6.07) is 3.71. The number of nitro benzene ring substituents is 1. The van der Waals surface area contributed by atoms with Crippen LogP contribution in [0.1, 0.15) is 0 Å². The van der Waals surface area contributed by atoms with Gasteiger partial charge in [0, 0.05) is 37.8 Å². The maximum absolute atomic E-state index is 13.2. The predicted octanol–water partition coefficient (Wildman–Crippen LogP) is 2.52. The van der Waals surface area contributed by atoms with E-state index < -0.39 is 10.7 Å². The van der Waals surface area contributed by atoms with Gasteiger partial charge in [0.25, 0.3) is 5.69 Å². The molecular weight excluding hydrogens is 295 g/mol. The highest BCUT2D eigenvalue weighted by molar-refractivity contribution is 7.13. The summed E-state index contributed by atoms with van der Waals surface area (Å²) in [4.78, 5) is 18.9. The Bertz CT molecular complexity index is 642. The fraction of sp³-hybridized carbons (Fsp3) is 0.308. The van der Waals surface area contributed by atoms with Crippen LogP contribution in [-0.2, 0) is 0 Å². The summed E-state index contributed by atoms with van der Waals surface area (Å²) in [6.45, 7) is 2.77. The number of halogens is 1. The molecule has 2 aromatic rings. The van der Waals surface area contributed by atoms with Gasteiger partial charge < -0.3 is 9.80 Å². The zero-order chi connectivity index (χ0) is 14.8. The Kier molecular flexibility index (Phi) is 3.70. The predicted molar refractivity (Wildman–Crippen MR) is 79.6 cm³/mol. The van der Waals surface area contributed by atoms with Crippen LogP contribution in [0.5, 0.6) is 0 Å². The van der Waals surface area contributed by atoms with E-state index in [2.05, 4.69) is 9.88 Å². The summed E-state index contributed by atoms with van der Waals surface area (Å²) < 4.78 is 13.2. The number of benzene rings is 1. The van der Waals surface area contributed by atoms with Crippen LogP contribution in [0.4, 0.5) is 20.9 Å². The largest absolute Gasteiger partial charge is 0.362 e. The van der Waals surface area contributed by atoms with Crippen molar-refractivity contribution < 1.29 is 9.31 Å². The topological polar surface area (TPSA) is 62.5 Å². The fourth-order valence-electron chi connectivity index (χ4n) is 2.42. The number of piperazine rings is 1.